The number of ether oxygens (including phenoxy) is 2. The lowest BCUT2D eigenvalue weighted by molar-refractivity contribution is -0.150. The Morgan fingerprint density at radius 2 is 2.21 bits per heavy atom. The zero-order chi connectivity index (χ0) is 14.0. The first-order valence-electron chi connectivity index (χ1n) is 5.92. The van der Waals surface area contributed by atoms with Gasteiger partial charge in [-0.3, -0.25) is 0 Å². The van der Waals surface area contributed by atoms with E-state index in [-0.39, 0.29) is 6.61 Å². The largest absolute Gasteiger partial charge is 0.481 e. The number of methoxy groups -OCH3 is 1. The molecule has 2 rings (SSSR count). The Morgan fingerprint density at radius 1 is 1.53 bits per heavy atom. The van der Waals surface area contributed by atoms with Crippen molar-refractivity contribution in [3.05, 3.63) is 11.8 Å². The van der Waals surface area contributed by atoms with E-state index in [1.165, 1.54) is 0 Å². The highest BCUT2D eigenvalue weighted by molar-refractivity contribution is 5.68. The number of aryl methyl sites for hydroxylation is 1. The lowest BCUT2D eigenvalue weighted by Gasteiger charge is -2.47. The van der Waals surface area contributed by atoms with E-state index < -0.39 is 11.6 Å². The van der Waals surface area contributed by atoms with Crippen LogP contribution >= 0.6 is 0 Å². The molecule has 0 aromatic carbocycles. The molecule has 0 atom stereocenters. The SMILES string of the molecule is COc1cc(C)nc(N2CC(C)(OCC(=O)O)C2)n1. The van der Waals surface area contributed by atoms with Crippen LogP contribution in [0.15, 0.2) is 6.07 Å². The summed E-state index contributed by atoms with van der Waals surface area (Å²) in [6.45, 7) is 4.58. The van der Waals surface area contributed by atoms with Gasteiger partial charge in [0.1, 0.15) is 12.2 Å². The van der Waals surface area contributed by atoms with Crippen LogP contribution in [-0.4, -0.2) is 53.5 Å². The molecule has 0 unspecified atom stereocenters. The van der Waals surface area contributed by atoms with Crippen LogP contribution in [0.2, 0.25) is 0 Å². The summed E-state index contributed by atoms with van der Waals surface area (Å²) in [7, 11) is 1.56. The molecule has 7 nitrogen and oxygen atoms in total. The molecule has 1 fully saturated rings. The summed E-state index contributed by atoms with van der Waals surface area (Å²) in [5.41, 5.74) is 0.362. The van der Waals surface area contributed by atoms with E-state index in [1.807, 2.05) is 18.7 Å². The topological polar surface area (TPSA) is 84.8 Å². The molecule has 1 aliphatic rings. The smallest absolute Gasteiger partial charge is 0.329 e. The fourth-order valence-corrected chi connectivity index (χ4v) is 2.00. The number of aromatic nitrogens is 2. The van der Waals surface area contributed by atoms with Crippen LogP contribution in [0, 0.1) is 6.92 Å². The normalized spacial score (nSPS) is 16.9. The van der Waals surface area contributed by atoms with Crippen molar-refractivity contribution in [2.45, 2.75) is 19.4 Å². The van der Waals surface area contributed by atoms with Crippen molar-refractivity contribution in [3.63, 3.8) is 0 Å². The summed E-state index contributed by atoms with van der Waals surface area (Å²) in [5.74, 6) is 0.129. The third kappa shape index (κ3) is 3.11. The first-order valence-corrected chi connectivity index (χ1v) is 5.92. The van der Waals surface area contributed by atoms with Gasteiger partial charge in [-0.15, -0.1) is 0 Å². The molecule has 1 aliphatic heterocycles. The first kappa shape index (κ1) is 13.5. The molecule has 19 heavy (non-hydrogen) atoms. The fourth-order valence-electron chi connectivity index (χ4n) is 2.00. The number of hydrogen-bond donors (Lipinski definition) is 1. The highest BCUT2D eigenvalue weighted by atomic mass is 16.5. The standard InChI is InChI=1S/C12H17N3O4/c1-8-4-9(18-3)14-11(13-8)15-6-12(2,7-15)19-5-10(16)17/h4H,5-7H2,1-3H3,(H,16,17). The van der Waals surface area contributed by atoms with Crippen LogP contribution < -0.4 is 9.64 Å². The number of carboxylic acid groups (broad SMARTS) is 1. The summed E-state index contributed by atoms with van der Waals surface area (Å²) >= 11 is 0. The Bertz CT molecular complexity index is 486. The third-order valence-electron chi connectivity index (χ3n) is 2.91. The van der Waals surface area contributed by atoms with Crippen LogP contribution in [0.3, 0.4) is 0 Å². The first-order chi connectivity index (χ1) is 8.92. The maximum atomic E-state index is 10.5. The number of rotatable bonds is 5. The minimum Gasteiger partial charge on any atom is -0.481 e. The van der Waals surface area contributed by atoms with E-state index in [4.69, 9.17) is 14.6 Å². The minimum absolute atomic E-state index is 0.289. The van der Waals surface area contributed by atoms with Gasteiger partial charge in [-0.1, -0.05) is 0 Å². The van der Waals surface area contributed by atoms with Gasteiger partial charge in [0.05, 0.1) is 20.2 Å². The van der Waals surface area contributed by atoms with Gasteiger partial charge in [0, 0.05) is 11.8 Å². The lowest BCUT2D eigenvalue weighted by atomic mass is 9.97. The molecule has 7 heteroatoms. The highest BCUT2D eigenvalue weighted by Gasteiger charge is 2.41. The molecule has 0 bridgehead atoms. The molecule has 0 aliphatic carbocycles. The van der Waals surface area contributed by atoms with Crippen LogP contribution in [0.1, 0.15) is 12.6 Å². The molecule has 1 N–H and O–H groups in total. The second-order valence-electron chi connectivity index (χ2n) is 4.84. The molecule has 0 saturated carbocycles. The van der Waals surface area contributed by atoms with Gasteiger partial charge >= 0.3 is 5.97 Å². The number of aliphatic carboxylic acids is 1. The Hall–Kier alpha value is -1.89. The second-order valence-corrected chi connectivity index (χ2v) is 4.84. The molecule has 104 valence electrons. The van der Waals surface area contributed by atoms with Crippen molar-refractivity contribution in [1.82, 2.24) is 9.97 Å². The Balaban J connectivity index is 1.99. The van der Waals surface area contributed by atoms with Crippen LogP contribution in [0.5, 0.6) is 5.88 Å². The van der Waals surface area contributed by atoms with Crippen LogP contribution in [-0.2, 0) is 9.53 Å². The van der Waals surface area contributed by atoms with Gasteiger partial charge in [0.2, 0.25) is 11.8 Å². The number of hydrogen-bond acceptors (Lipinski definition) is 6. The molecule has 1 aromatic heterocycles. The van der Waals surface area contributed by atoms with Gasteiger partial charge in [-0.05, 0) is 13.8 Å². The van der Waals surface area contributed by atoms with Crippen molar-refractivity contribution < 1.29 is 19.4 Å². The highest BCUT2D eigenvalue weighted by Crippen LogP contribution is 2.29. The molecule has 1 aromatic rings. The number of nitrogens with zero attached hydrogens (tertiary/aromatic N) is 3. The van der Waals surface area contributed by atoms with Crippen molar-refractivity contribution in [2.24, 2.45) is 0 Å². The van der Waals surface area contributed by atoms with Gasteiger partial charge in [-0.25, -0.2) is 9.78 Å². The maximum Gasteiger partial charge on any atom is 0.329 e. The van der Waals surface area contributed by atoms with Crippen LogP contribution in [0.4, 0.5) is 5.95 Å². The minimum atomic E-state index is -0.965. The quantitative estimate of drug-likeness (QED) is 0.830. The molecule has 0 radical (unpaired) electrons. The van der Waals surface area contributed by atoms with Gasteiger partial charge in [0.15, 0.2) is 0 Å². The lowest BCUT2D eigenvalue weighted by Crippen LogP contribution is -2.62. The van der Waals surface area contributed by atoms with Gasteiger partial charge in [-0.2, -0.15) is 4.98 Å². The van der Waals surface area contributed by atoms with Gasteiger partial charge in [0.25, 0.3) is 0 Å². The van der Waals surface area contributed by atoms with Crippen molar-refractivity contribution in [3.8, 4) is 5.88 Å². The summed E-state index contributed by atoms with van der Waals surface area (Å²) in [5, 5.41) is 8.60. The zero-order valence-corrected chi connectivity index (χ0v) is 11.2. The van der Waals surface area contributed by atoms with Crippen molar-refractivity contribution in [1.29, 1.82) is 0 Å². The number of carboxylic acids is 1. The summed E-state index contributed by atoms with van der Waals surface area (Å²) in [6, 6.07) is 1.75. The summed E-state index contributed by atoms with van der Waals surface area (Å²) in [6.07, 6.45) is 0. The fraction of sp³-hybridized carbons (Fsp3) is 0.583. The molecule has 0 spiro atoms. The van der Waals surface area contributed by atoms with Crippen molar-refractivity contribution in [2.75, 3.05) is 31.7 Å². The molecular weight excluding hydrogens is 250 g/mol. The average molecular weight is 267 g/mol. The van der Waals surface area contributed by atoms with E-state index >= 15 is 0 Å². The average Bonchev–Trinajstić information content (AvgIpc) is 2.32. The van der Waals surface area contributed by atoms with E-state index in [0.29, 0.717) is 24.9 Å². The predicted octanol–water partition coefficient (Wildman–Crippen LogP) is 0.474. The number of anilines is 1. The molecule has 1 saturated heterocycles. The maximum absolute atomic E-state index is 10.5. The molecular formula is C12H17N3O4. The molecule has 0 amide bonds. The van der Waals surface area contributed by atoms with E-state index in [9.17, 15) is 4.79 Å². The monoisotopic (exact) mass is 267 g/mol. The van der Waals surface area contributed by atoms with Crippen molar-refractivity contribution >= 4 is 11.9 Å². The molecule has 2 heterocycles. The van der Waals surface area contributed by atoms with Gasteiger partial charge < -0.3 is 19.5 Å². The second kappa shape index (κ2) is 5.00. The predicted molar refractivity (Wildman–Crippen MR) is 67.5 cm³/mol. The number of carbonyl (C=O) groups is 1. The van der Waals surface area contributed by atoms with E-state index in [2.05, 4.69) is 9.97 Å². The van der Waals surface area contributed by atoms with E-state index in [1.54, 1.807) is 13.2 Å². The van der Waals surface area contributed by atoms with Crippen LogP contribution in [0.25, 0.3) is 0 Å². The summed E-state index contributed by atoms with van der Waals surface area (Å²) in [4.78, 5) is 21.0. The third-order valence-corrected chi connectivity index (χ3v) is 2.91. The summed E-state index contributed by atoms with van der Waals surface area (Å²) < 4.78 is 10.4. The Morgan fingerprint density at radius 3 is 2.79 bits per heavy atom. The zero-order valence-electron chi connectivity index (χ0n) is 11.2. The Labute approximate surface area is 111 Å². The Kier molecular flexibility index (Phi) is 3.57. The van der Waals surface area contributed by atoms with E-state index in [0.717, 1.165) is 5.69 Å².